The number of thioether (sulfide) groups is 1. The first-order chi connectivity index (χ1) is 14.7. The molecular weight excluding hydrogens is 394 g/mol. The van der Waals surface area contributed by atoms with Crippen molar-refractivity contribution in [3.8, 4) is 5.75 Å². The van der Waals surface area contributed by atoms with Crippen LogP contribution in [0.4, 0.5) is 0 Å². The summed E-state index contributed by atoms with van der Waals surface area (Å²) in [4.78, 5) is 14.9. The van der Waals surface area contributed by atoms with Gasteiger partial charge in [0.1, 0.15) is 5.75 Å². The van der Waals surface area contributed by atoms with E-state index in [1.165, 1.54) is 16.7 Å². The Morgan fingerprint density at radius 1 is 1.27 bits per heavy atom. The third-order valence-electron chi connectivity index (χ3n) is 5.59. The van der Waals surface area contributed by atoms with Crippen LogP contribution in [0.1, 0.15) is 34.3 Å². The van der Waals surface area contributed by atoms with Gasteiger partial charge in [-0.2, -0.15) is 11.8 Å². The summed E-state index contributed by atoms with van der Waals surface area (Å²) in [7, 11) is 1.56. The highest BCUT2D eigenvalue weighted by Crippen LogP contribution is 2.30. The third kappa shape index (κ3) is 4.55. The van der Waals surface area contributed by atoms with Gasteiger partial charge in [-0.25, -0.2) is 0 Å². The number of benzene rings is 2. The standard InChI is InChI=1S/C24H27N3O2S/c1-29-23-13-20-18(14-27-22(20)12-21(23)24(25)28)15-30-10-8-19-11-17(7-9-26-19)16-5-3-2-4-6-16/h2-7,12-14,19,26-27H,8-11,15H2,1H3,(H2,25,28). The molecule has 1 aromatic heterocycles. The van der Waals surface area contributed by atoms with E-state index >= 15 is 0 Å². The van der Waals surface area contributed by atoms with Gasteiger partial charge in [-0.05, 0) is 47.4 Å². The van der Waals surface area contributed by atoms with Crippen molar-refractivity contribution in [1.29, 1.82) is 0 Å². The number of aromatic nitrogens is 1. The molecule has 1 aliphatic heterocycles. The lowest BCUT2D eigenvalue weighted by Crippen LogP contribution is -2.33. The molecule has 0 bridgehead atoms. The van der Waals surface area contributed by atoms with Crippen LogP contribution in [0.5, 0.6) is 5.75 Å². The molecule has 4 N–H and O–H groups in total. The number of rotatable bonds is 8. The van der Waals surface area contributed by atoms with Crippen molar-refractivity contribution in [3.63, 3.8) is 0 Å². The number of primary amides is 1. The zero-order valence-corrected chi connectivity index (χ0v) is 17.9. The maximum atomic E-state index is 11.6. The first-order valence-corrected chi connectivity index (χ1v) is 11.3. The summed E-state index contributed by atoms with van der Waals surface area (Å²) >= 11 is 1.93. The van der Waals surface area contributed by atoms with E-state index in [-0.39, 0.29) is 0 Å². The lowest BCUT2D eigenvalue weighted by atomic mass is 9.94. The summed E-state index contributed by atoms with van der Waals surface area (Å²) in [5, 5.41) is 4.70. The first-order valence-electron chi connectivity index (χ1n) is 10.2. The van der Waals surface area contributed by atoms with E-state index in [2.05, 4.69) is 46.7 Å². The second kappa shape index (κ2) is 9.41. The Labute approximate surface area is 181 Å². The van der Waals surface area contributed by atoms with Crippen molar-refractivity contribution in [1.82, 2.24) is 10.3 Å². The molecule has 156 valence electrons. The Balaban J connectivity index is 1.33. The van der Waals surface area contributed by atoms with E-state index in [4.69, 9.17) is 10.5 Å². The highest BCUT2D eigenvalue weighted by Gasteiger charge is 2.17. The minimum Gasteiger partial charge on any atom is -0.496 e. The van der Waals surface area contributed by atoms with Crippen molar-refractivity contribution in [2.24, 2.45) is 5.73 Å². The fourth-order valence-corrected chi connectivity index (χ4v) is 5.01. The van der Waals surface area contributed by atoms with Gasteiger partial charge in [0.05, 0.1) is 12.7 Å². The molecule has 0 saturated carbocycles. The average molecular weight is 422 g/mol. The van der Waals surface area contributed by atoms with Gasteiger partial charge in [0.2, 0.25) is 0 Å². The molecule has 2 heterocycles. The van der Waals surface area contributed by atoms with Crippen molar-refractivity contribution in [3.05, 3.63) is 71.4 Å². The second-order valence-electron chi connectivity index (χ2n) is 7.52. The fourth-order valence-electron chi connectivity index (χ4n) is 3.96. The smallest absolute Gasteiger partial charge is 0.252 e. The number of aromatic amines is 1. The van der Waals surface area contributed by atoms with Crippen LogP contribution in [0.15, 0.2) is 54.7 Å². The van der Waals surface area contributed by atoms with E-state index in [9.17, 15) is 4.79 Å². The summed E-state index contributed by atoms with van der Waals surface area (Å²) < 4.78 is 5.36. The fraction of sp³-hybridized carbons (Fsp3) is 0.292. The zero-order valence-electron chi connectivity index (χ0n) is 17.1. The number of methoxy groups -OCH3 is 1. The molecule has 3 aromatic rings. The highest BCUT2D eigenvalue weighted by atomic mass is 32.2. The van der Waals surface area contributed by atoms with E-state index in [0.29, 0.717) is 17.4 Å². The van der Waals surface area contributed by atoms with Crippen LogP contribution in [-0.2, 0) is 5.75 Å². The number of hydrogen-bond donors (Lipinski definition) is 3. The van der Waals surface area contributed by atoms with Gasteiger partial charge in [0.25, 0.3) is 5.91 Å². The molecule has 0 fully saturated rings. The Bertz CT molecular complexity index is 1060. The van der Waals surface area contributed by atoms with Gasteiger partial charge in [-0.3, -0.25) is 4.79 Å². The van der Waals surface area contributed by atoms with Crippen LogP contribution < -0.4 is 15.8 Å². The predicted octanol–water partition coefficient (Wildman–Crippen LogP) is 4.34. The molecule has 1 amide bonds. The molecule has 1 aliphatic rings. The van der Waals surface area contributed by atoms with Gasteiger partial charge in [-0.15, -0.1) is 0 Å². The molecule has 0 radical (unpaired) electrons. The van der Waals surface area contributed by atoms with Crippen LogP contribution in [0, 0.1) is 0 Å². The number of fused-ring (bicyclic) bond motifs is 1. The van der Waals surface area contributed by atoms with Crippen molar-refractivity contribution >= 4 is 34.1 Å². The Morgan fingerprint density at radius 2 is 2.10 bits per heavy atom. The first kappa shape index (κ1) is 20.6. The number of ether oxygens (including phenoxy) is 1. The summed E-state index contributed by atoms with van der Waals surface area (Å²) in [6.07, 6.45) is 6.52. The molecule has 4 rings (SSSR count). The monoisotopic (exact) mass is 421 g/mol. The SMILES string of the molecule is COc1cc2c(CSCCC3CC(c4ccccc4)=CCN3)c[nH]c2cc1C(N)=O. The molecule has 2 aromatic carbocycles. The van der Waals surface area contributed by atoms with Crippen LogP contribution in [-0.4, -0.2) is 36.3 Å². The van der Waals surface area contributed by atoms with Gasteiger partial charge < -0.3 is 20.8 Å². The minimum atomic E-state index is -0.483. The molecule has 6 heteroatoms. The van der Waals surface area contributed by atoms with Gasteiger partial charge in [0.15, 0.2) is 0 Å². The Hall–Kier alpha value is -2.70. The molecule has 30 heavy (non-hydrogen) atoms. The molecule has 0 spiro atoms. The quantitative estimate of drug-likeness (QED) is 0.473. The van der Waals surface area contributed by atoms with Crippen LogP contribution in [0.3, 0.4) is 0 Å². The van der Waals surface area contributed by atoms with Crippen molar-refractivity contribution in [2.75, 3.05) is 19.4 Å². The molecule has 5 nitrogen and oxygen atoms in total. The van der Waals surface area contributed by atoms with E-state index < -0.39 is 5.91 Å². The lowest BCUT2D eigenvalue weighted by Gasteiger charge is -2.24. The largest absolute Gasteiger partial charge is 0.496 e. The van der Waals surface area contributed by atoms with Gasteiger partial charge in [-0.1, -0.05) is 36.4 Å². The van der Waals surface area contributed by atoms with Crippen molar-refractivity contribution in [2.45, 2.75) is 24.6 Å². The summed E-state index contributed by atoms with van der Waals surface area (Å²) in [6.45, 7) is 0.935. The topological polar surface area (TPSA) is 80.1 Å². The third-order valence-corrected chi connectivity index (χ3v) is 6.63. The van der Waals surface area contributed by atoms with E-state index in [1.807, 2.05) is 24.0 Å². The maximum Gasteiger partial charge on any atom is 0.252 e. The number of hydrogen-bond acceptors (Lipinski definition) is 4. The second-order valence-corrected chi connectivity index (χ2v) is 8.63. The van der Waals surface area contributed by atoms with E-state index in [0.717, 1.165) is 41.8 Å². The Morgan fingerprint density at radius 3 is 2.87 bits per heavy atom. The normalized spacial score (nSPS) is 16.4. The number of carbonyl (C=O) groups excluding carboxylic acids is 1. The van der Waals surface area contributed by atoms with Crippen LogP contribution >= 0.6 is 11.8 Å². The number of H-pyrrole nitrogens is 1. The lowest BCUT2D eigenvalue weighted by molar-refractivity contribution is 0.0997. The average Bonchev–Trinajstić information content (AvgIpc) is 3.18. The summed E-state index contributed by atoms with van der Waals surface area (Å²) in [5.41, 5.74) is 10.8. The molecule has 0 saturated heterocycles. The molecule has 1 atom stereocenters. The highest BCUT2D eigenvalue weighted by molar-refractivity contribution is 7.98. The van der Waals surface area contributed by atoms with E-state index in [1.54, 1.807) is 13.2 Å². The Kier molecular flexibility index (Phi) is 6.45. The number of carbonyl (C=O) groups is 1. The van der Waals surface area contributed by atoms with Crippen LogP contribution in [0.25, 0.3) is 16.5 Å². The number of amides is 1. The maximum absolute atomic E-state index is 11.6. The van der Waals surface area contributed by atoms with Gasteiger partial charge >= 0.3 is 0 Å². The number of nitrogens with two attached hydrogens (primary N) is 1. The minimum absolute atomic E-state index is 0.400. The molecular formula is C24H27N3O2S. The summed E-state index contributed by atoms with van der Waals surface area (Å²) in [5.74, 6) is 2.03. The summed E-state index contributed by atoms with van der Waals surface area (Å²) in [6, 6.07) is 14.8. The predicted molar refractivity (Wildman–Crippen MR) is 125 cm³/mol. The van der Waals surface area contributed by atoms with Crippen molar-refractivity contribution < 1.29 is 9.53 Å². The van der Waals surface area contributed by atoms with Crippen LogP contribution in [0.2, 0.25) is 0 Å². The molecule has 0 aliphatic carbocycles. The zero-order chi connectivity index (χ0) is 20.9. The van der Waals surface area contributed by atoms with Gasteiger partial charge in [0, 0.05) is 35.4 Å². The number of nitrogens with one attached hydrogen (secondary N) is 2. The molecule has 1 unspecified atom stereocenters.